The van der Waals surface area contributed by atoms with Crippen molar-refractivity contribution in [2.75, 3.05) is 12.4 Å². The molecule has 31 heavy (non-hydrogen) atoms. The number of amides is 1. The lowest BCUT2D eigenvalue weighted by molar-refractivity contribution is -0.124. The van der Waals surface area contributed by atoms with Crippen LogP contribution in [0.4, 0.5) is 5.95 Å². The summed E-state index contributed by atoms with van der Waals surface area (Å²) in [6, 6.07) is 6.32. The van der Waals surface area contributed by atoms with Gasteiger partial charge in [0.2, 0.25) is 11.9 Å². The Morgan fingerprint density at radius 3 is 2.87 bits per heavy atom. The molecule has 2 N–H and O–H groups in total. The monoisotopic (exact) mass is 482 g/mol. The standard InChI is InChI=1S/C21H23BrN8O/c1-11-15-7-6-14(9-17(15)29(3)27-11)30-19-16(18(22)28-30)10-24-21(26-19)25-13-5-4-12(8-13)20(31)23-2/h6-7,9-10,12-13H,4-5,8H2,1-3H3,(H,23,31)(H,24,25,26)/t12-,13-/m1/s1. The van der Waals surface area contributed by atoms with Crippen LogP contribution in [0.2, 0.25) is 0 Å². The molecule has 1 aliphatic rings. The maximum atomic E-state index is 11.9. The van der Waals surface area contributed by atoms with Gasteiger partial charge in [0, 0.05) is 37.6 Å². The van der Waals surface area contributed by atoms with Gasteiger partial charge in [-0.15, -0.1) is 0 Å². The van der Waals surface area contributed by atoms with E-state index in [9.17, 15) is 4.79 Å². The number of nitrogens with zero attached hydrogens (tertiary/aromatic N) is 6. The van der Waals surface area contributed by atoms with Gasteiger partial charge in [0.15, 0.2) is 5.65 Å². The fourth-order valence-corrected chi connectivity index (χ4v) is 4.85. The summed E-state index contributed by atoms with van der Waals surface area (Å²) < 4.78 is 4.38. The number of halogens is 1. The van der Waals surface area contributed by atoms with Gasteiger partial charge in [-0.2, -0.15) is 15.2 Å². The third kappa shape index (κ3) is 3.44. The van der Waals surface area contributed by atoms with Crippen LogP contribution >= 0.6 is 15.9 Å². The number of hydrogen-bond acceptors (Lipinski definition) is 6. The minimum Gasteiger partial charge on any atom is -0.359 e. The van der Waals surface area contributed by atoms with E-state index in [2.05, 4.69) is 53.9 Å². The number of rotatable bonds is 4. The fraction of sp³-hybridized carbons (Fsp3) is 0.381. The third-order valence-corrected chi connectivity index (χ3v) is 6.61. The van der Waals surface area contributed by atoms with Gasteiger partial charge in [-0.05, 0) is 60.3 Å². The number of fused-ring (bicyclic) bond motifs is 2. The molecule has 1 aliphatic carbocycles. The normalized spacial score (nSPS) is 18.7. The first-order valence-electron chi connectivity index (χ1n) is 10.3. The zero-order chi connectivity index (χ0) is 21.7. The molecule has 4 aromatic rings. The van der Waals surface area contributed by atoms with Gasteiger partial charge < -0.3 is 10.6 Å². The van der Waals surface area contributed by atoms with E-state index in [0.717, 1.165) is 46.9 Å². The Balaban J connectivity index is 1.49. The molecular weight excluding hydrogens is 460 g/mol. The van der Waals surface area contributed by atoms with Crippen LogP contribution in [0.5, 0.6) is 0 Å². The van der Waals surface area contributed by atoms with Crippen LogP contribution < -0.4 is 10.6 Å². The van der Waals surface area contributed by atoms with Crippen LogP contribution in [-0.4, -0.2) is 48.5 Å². The number of carbonyl (C=O) groups excluding carboxylic acids is 1. The van der Waals surface area contributed by atoms with E-state index in [-0.39, 0.29) is 17.9 Å². The van der Waals surface area contributed by atoms with E-state index >= 15 is 0 Å². The van der Waals surface area contributed by atoms with Crippen LogP contribution in [0, 0.1) is 12.8 Å². The first-order chi connectivity index (χ1) is 14.9. The maximum absolute atomic E-state index is 11.9. The lowest BCUT2D eigenvalue weighted by atomic mass is 10.1. The average Bonchev–Trinajstić information content (AvgIpc) is 3.44. The van der Waals surface area contributed by atoms with Gasteiger partial charge in [-0.3, -0.25) is 9.48 Å². The molecule has 1 fully saturated rings. The van der Waals surface area contributed by atoms with Gasteiger partial charge in [0.05, 0.1) is 22.3 Å². The summed E-state index contributed by atoms with van der Waals surface area (Å²) in [6.07, 6.45) is 4.34. The Morgan fingerprint density at radius 1 is 1.23 bits per heavy atom. The maximum Gasteiger partial charge on any atom is 0.224 e. The van der Waals surface area contributed by atoms with Crippen LogP contribution in [0.1, 0.15) is 25.0 Å². The molecule has 3 aromatic heterocycles. The number of aromatic nitrogens is 6. The second-order valence-electron chi connectivity index (χ2n) is 8.01. The van der Waals surface area contributed by atoms with Crippen molar-refractivity contribution in [1.82, 2.24) is 34.8 Å². The van der Waals surface area contributed by atoms with Gasteiger partial charge in [0.25, 0.3) is 0 Å². The highest BCUT2D eigenvalue weighted by atomic mass is 79.9. The number of aryl methyl sites for hydroxylation is 2. The quantitative estimate of drug-likeness (QED) is 0.463. The summed E-state index contributed by atoms with van der Waals surface area (Å²) in [6.45, 7) is 2.00. The topological polar surface area (TPSA) is 103 Å². The highest BCUT2D eigenvalue weighted by molar-refractivity contribution is 9.10. The second-order valence-corrected chi connectivity index (χ2v) is 8.76. The number of anilines is 1. The molecule has 1 saturated carbocycles. The zero-order valence-electron chi connectivity index (χ0n) is 17.6. The molecule has 2 atom stereocenters. The summed E-state index contributed by atoms with van der Waals surface area (Å²) in [7, 11) is 3.62. The van der Waals surface area contributed by atoms with Crippen LogP contribution in [-0.2, 0) is 11.8 Å². The van der Waals surface area contributed by atoms with E-state index in [1.807, 2.05) is 29.4 Å². The van der Waals surface area contributed by atoms with E-state index in [0.29, 0.717) is 16.2 Å². The second kappa shape index (κ2) is 7.60. The SMILES string of the molecule is CNC(=O)[C@@H]1CC[C@@H](Nc2ncc3c(Br)nn(-c4ccc5c(C)nn(C)c5c4)c3n2)C1. The highest BCUT2D eigenvalue weighted by Gasteiger charge is 2.29. The van der Waals surface area contributed by atoms with Crippen molar-refractivity contribution in [2.45, 2.75) is 32.2 Å². The Morgan fingerprint density at radius 2 is 2.06 bits per heavy atom. The smallest absolute Gasteiger partial charge is 0.224 e. The van der Waals surface area contributed by atoms with Crippen molar-refractivity contribution in [3.05, 3.63) is 34.7 Å². The first kappa shape index (κ1) is 19.9. The van der Waals surface area contributed by atoms with Crippen molar-refractivity contribution in [2.24, 2.45) is 13.0 Å². The molecule has 0 radical (unpaired) electrons. The Kier molecular flexibility index (Phi) is 4.88. The van der Waals surface area contributed by atoms with Crippen molar-refractivity contribution >= 4 is 49.7 Å². The predicted molar refractivity (Wildman–Crippen MR) is 122 cm³/mol. The number of benzene rings is 1. The minimum atomic E-state index is 0.0417. The summed E-state index contributed by atoms with van der Waals surface area (Å²) in [5.74, 6) is 0.685. The predicted octanol–water partition coefficient (Wildman–Crippen LogP) is 3.10. The van der Waals surface area contributed by atoms with Crippen molar-refractivity contribution in [3.8, 4) is 5.69 Å². The van der Waals surface area contributed by atoms with Gasteiger partial charge in [-0.25, -0.2) is 9.67 Å². The molecule has 1 amide bonds. The Labute approximate surface area is 187 Å². The minimum absolute atomic E-state index is 0.0417. The number of nitrogens with one attached hydrogen (secondary N) is 2. The molecule has 9 nitrogen and oxygen atoms in total. The highest BCUT2D eigenvalue weighted by Crippen LogP contribution is 2.30. The summed E-state index contributed by atoms with van der Waals surface area (Å²) in [4.78, 5) is 21.2. The number of hydrogen-bond donors (Lipinski definition) is 2. The molecule has 10 heteroatoms. The van der Waals surface area contributed by atoms with E-state index in [4.69, 9.17) is 4.98 Å². The first-order valence-corrected chi connectivity index (χ1v) is 11.1. The van der Waals surface area contributed by atoms with Crippen LogP contribution in [0.15, 0.2) is 29.0 Å². The molecule has 160 valence electrons. The summed E-state index contributed by atoms with van der Waals surface area (Å²) in [5.41, 5.74) is 3.64. The number of carbonyl (C=O) groups is 1. The van der Waals surface area contributed by atoms with E-state index in [1.54, 1.807) is 13.2 Å². The third-order valence-electron chi connectivity index (χ3n) is 6.03. The zero-order valence-corrected chi connectivity index (χ0v) is 19.1. The van der Waals surface area contributed by atoms with Crippen LogP contribution in [0.25, 0.3) is 27.6 Å². The van der Waals surface area contributed by atoms with Crippen molar-refractivity contribution < 1.29 is 4.79 Å². The molecule has 0 spiro atoms. The fourth-order valence-electron chi connectivity index (χ4n) is 4.41. The lowest BCUT2D eigenvalue weighted by Gasteiger charge is -2.13. The molecule has 0 bridgehead atoms. The molecule has 0 saturated heterocycles. The summed E-state index contributed by atoms with van der Waals surface area (Å²) >= 11 is 3.53. The molecule has 3 heterocycles. The van der Waals surface area contributed by atoms with Gasteiger partial charge in [0.1, 0.15) is 4.60 Å². The largest absolute Gasteiger partial charge is 0.359 e. The lowest BCUT2D eigenvalue weighted by Crippen LogP contribution is -2.27. The Hall–Kier alpha value is -3.01. The molecular formula is C21H23BrN8O. The van der Waals surface area contributed by atoms with E-state index in [1.165, 1.54) is 0 Å². The van der Waals surface area contributed by atoms with Gasteiger partial charge >= 0.3 is 0 Å². The van der Waals surface area contributed by atoms with Crippen molar-refractivity contribution in [3.63, 3.8) is 0 Å². The molecule has 1 aromatic carbocycles. The molecule has 5 rings (SSSR count). The Bertz CT molecular complexity index is 1310. The van der Waals surface area contributed by atoms with E-state index < -0.39 is 0 Å². The molecule has 0 aliphatic heterocycles. The van der Waals surface area contributed by atoms with Gasteiger partial charge in [-0.1, -0.05) is 0 Å². The van der Waals surface area contributed by atoms with Crippen molar-refractivity contribution in [1.29, 1.82) is 0 Å². The average molecular weight is 483 g/mol. The molecule has 0 unspecified atom stereocenters. The van der Waals surface area contributed by atoms with Crippen LogP contribution in [0.3, 0.4) is 0 Å². The summed E-state index contributed by atoms with van der Waals surface area (Å²) in [5, 5.41) is 17.2.